The zero-order valence-electron chi connectivity index (χ0n) is 18.4. The highest BCUT2D eigenvalue weighted by molar-refractivity contribution is 7.97. The van der Waals surface area contributed by atoms with Gasteiger partial charge in [0.25, 0.3) is 0 Å². The van der Waals surface area contributed by atoms with Gasteiger partial charge in [-0.15, -0.1) is 11.3 Å². The summed E-state index contributed by atoms with van der Waals surface area (Å²) in [6, 6.07) is 24.2. The van der Waals surface area contributed by atoms with E-state index in [0.29, 0.717) is 6.54 Å². The summed E-state index contributed by atoms with van der Waals surface area (Å²) in [6.45, 7) is 0.702. The van der Waals surface area contributed by atoms with Gasteiger partial charge in [0.1, 0.15) is 10.8 Å². The molecule has 0 radical (unpaired) electrons. The van der Waals surface area contributed by atoms with E-state index in [0.717, 1.165) is 43.4 Å². The van der Waals surface area contributed by atoms with Crippen LogP contribution in [-0.2, 0) is 6.42 Å². The van der Waals surface area contributed by atoms with Crippen molar-refractivity contribution in [2.75, 3.05) is 25.1 Å². The molecule has 5 N–H and O–H groups in total. The minimum absolute atomic E-state index is 0.0200. The number of nitrogens with two attached hydrogens (primary N) is 1. The van der Waals surface area contributed by atoms with Crippen LogP contribution in [0.4, 0.5) is 5.69 Å². The molecular weight excluding hydrogens is 450 g/mol. The molecule has 8 heteroatoms. The molecule has 0 aliphatic heterocycles. The molecule has 4 rings (SSSR count). The summed E-state index contributed by atoms with van der Waals surface area (Å²) in [5.74, 6) is 0.0690. The van der Waals surface area contributed by atoms with E-state index in [2.05, 4.69) is 29.0 Å². The molecule has 0 aliphatic rings. The van der Waals surface area contributed by atoms with E-state index in [1.165, 1.54) is 0 Å². The fourth-order valence-corrected chi connectivity index (χ4v) is 5.42. The van der Waals surface area contributed by atoms with Crippen molar-refractivity contribution in [2.24, 2.45) is 5.73 Å². The van der Waals surface area contributed by atoms with Crippen molar-refractivity contribution in [3.8, 4) is 0 Å². The van der Waals surface area contributed by atoms with Gasteiger partial charge in [-0.05, 0) is 60.3 Å². The number of fused-ring (bicyclic) bond motifs is 1. The fraction of sp³-hybridized carbons (Fsp3) is 0.200. The number of hydrogen-bond acceptors (Lipinski definition) is 7. The number of benzene rings is 3. The Bertz CT molecular complexity index is 1210. The summed E-state index contributed by atoms with van der Waals surface area (Å²) in [5.41, 5.74) is 9.58. The molecule has 0 amide bonds. The van der Waals surface area contributed by atoms with Gasteiger partial charge in [-0.1, -0.05) is 36.4 Å². The molecule has 3 aromatic carbocycles. The molecule has 1 atom stereocenters. The van der Waals surface area contributed by atoms with Crippen LogP contribution < -0.4 is 15.4 Å². The molecular formula is C25H27N5OS2. The molecule has 1 heterocycles. The molecule has 0 saturated heterocycles. The first-order chi connectivity index (χ1) is 16.0. The Hall–Kier alpha value is -2.91. The number of anilines is 1. The van der Waals surface area contributed by atoms with E-state index in [4.69, 9.17) is 16.1 Å². The number of nitrogens with zero attached hydrogens (tertiary/aromatic N) is 2. The SMILES string of the molecule is CN(CCO)c1cccc(SNC(Cc2cccc(C(=N)N)c2)c2nc3ccccc3s2)c1. The third-order valence-corrected chi connectivity index (χ3v) is 7.34. The van der Waals surface area contributed by atoms with E-state index in [-0.39, 0.29) is 18.5 Å². The Morgan fingerprint density at radius 3 is 2.76 bits per heavy atom. The van der Waals surface area contributed by atoms with Crippen LogP contribution in [-0.4, -0.2) is 36.1 Å². The molecule has 6 nitrogen and oxygen atoms in total. The van der Waals surface area contributed by atoms with Crippen molar-refractivity contribution in [3.05, 3.63) is 88.9 Å². The Labute approximate surface area is 202 Å². The van der Waals surface area contributed by atoms with Crippen molar-refractivity contribution < 1.29 is 5.11 Å². The number of aliphatic hydroxyl groups excluding tert-OH is 1. The minimum Gasteiger partial charge on any atom is -0.395 e. The summed E-state index contributed by atoms with van der Waals surface area (Å²) in [7, 11) is 1.97. The number of thiazole rings is 1. The molecule has 1 unspecified atom stereocenters. The van der Waals surface area contributed by atoms with Crippen molar-refractivity contribution >= 4 is 45.0 Å². The number of aromatic nitrogens is 1. The lowest BCUT2D eigenvalue weighted by molar-refractivity contribution is 0.304. The molecule has 4 aromatic rings. The second-order valence-electron chi connectivity index (χ2n) is 7.75. The number of rotatable bonds is 10. The molecule has 33 heavy (non-hydrogen) atoms. The zero-order chi connectivity index (χ0) is 23.2. The zero-order valence-corrected chi connectivity index (χ0v) is 20.0. The maximum absolute atomic E-state index is 9.24. The summed E-state index contributed by atoms with van der Waals surface area (Å²) in [6.07, 6.45) is 0.720. The lowest BCUT2D eigenvalue weighted by Gasteiger charge is -2.20. The quantitative estimate of drug-likeness (QED) is 0.152. The van der Waals surface area contributed by atoms with Gasteiger partial charge in [-0.25, -0.2) is 9.71 Å². The van der Waals surface area contributed by atoms with Crippen LogP contribution in [0.5, 0.6) is 0 Å². The molecule has 0 bridgehead atoms. The first-order valence-electron chi connectivity index (χ1n) is 10.7. The van der Waals surface area contributed by atoms with Gasteiger partial charge in [-0.2, -0.15) is 0 Å². The van der Waals surface area contributed by atoms with Crippen LogP contribution in [0.1, 0.15) is 22.2 Å². The normalized spacial score (nSPS) is 12.1. The molecule has 170 valence electrons. The largest absolute Gasteiger partial charge is 0.395 e. The van der Waals surface area contributed by atoms with E-state index < -0.39 is 0 Å². The highest BCUT2D eigenvalue weighted by Crippen LogP contribution is 2.31. The third-order valence-electron chi connectivity index (χ3n) is 5.30. The Kier molecular flexibility index (Phi) is 7.61. The molecule has 0 spiro atoms. The Morgan fingerprint density at radius 2 is 1.97 bits per heavy atom. The van der Waals surface area contributed by atoms with Crippen LogP contribution >= 0.6 is 23.3 Å². The lowest BCUT2D eigenvalue weighted by Crippen LogP contribution is -2.21. The van der Waals surface area contributed by atoms with Crippen molar-refractivity contribution in [1.82, 2.24) is 9.71 Å². The molecule has 0 aliphatic carbocycles. The second kappa shape index (κ2) is 10.8. The lowest BCUT2D eigenvalue weighted by atomic mass is 10.0. The number of hydrogen-bond donors (Lipinski definition) is 4. The number of likely N-dealkylation sites (N-methyl/N-ethyl adjacent to an activating group) is 1. The van der Waals surface area contributed by atoms with E-state index >= 15 is 0 Å². The predicted molar refractivity (Wildman–Crippen MR) is 139 cm³/mol. The van der Waals surface area contributed by atoms with Crippen molar-refractivity contribution in [1.29, 1.82) is 5.41 Å². The van der Waals surface area contributed by atoms with E-state index in [1.54, 1.807) is 23.3 Å². The van der Waals surface area contributed by atoms with Crippen LogP contribution in [0.25, 0.3) is 10.2 Å². The molecule has 0 saturated carbocycles. The first-order valence-corrected chi connectivity index (χ1v) is 12.3. The van der Waals surface area contributed by atoms with Gasteiger partial charge in [0.2, 0.25) is 0 Å². The van der Waals surface area contributed by atoms with Gasteiger partial charge in [-0.3, -0.25) is 5.41 Å². The maximum Gasteiger partial charge on any atom is 0.122 e. The molecule has 1 aromatic heterocycles. The molecule has 0 fully saturated rings. The van der Waals surface area contributed by atoms with Crippen molar-refractivity contribution in [2.45, 2.75) is 17.4 Å². The van der Waals surface area contributed by atoms with Crippen LogP contribution in [0, 0.1) is 5.41 Å². The number of nitrogens with one attached hydrogen (secondary N) is 2. The summed E-state index contributed by atoms with van der Waals surface area (Å²) in [4.78, 5) is 8.00. The summed E-state index contributed by atoms with van der Waals surface area (Å²) >= 11 is 3.27. The Morgan fingerprint density at radius 1 is 1.15 bits per heavy atom. The third kappa shape index (κ3) is 5.91. The first kappa shape index (κ1) is 23.3. The number of aliphatic hydroxyl groups is 1. The fourth-order valence-electron chi connectivity index (χ4n) is 3.52. The van der Waals surface area contributed by atoms with E-state index in [9.17, 15) is 5.11 Å². The van der Waals surface area contributed by atoms with Gasteiger partial charge < -0.3 is 15.7 Å². The van der Waals surface area contributed by atoms with Crippen LogP contribution in [0.3, 0.4) is 0 Å². The monoisotopic (exact) mass is 477 g/mol. The average molecular weight is 478 g/mol. The number of amidine groups is 1. The summed E-state index contributed by atoms with van der Waals surface area (Å²) in [5, 5.41) is 18.0. The number of nitrogen functional groups attached to an aromatic ring is 1. The predicted octanol–water partition coefficient (Wildman–Crippen LogP) is 4.59. The maximum atomic E-state index is 9.24. The van der Waals surface area contributed by atoms with Crippen LogP contribution in [0.2, 0.25) is 0 Å². The standard InChI is InChI=1S/C25H27N5OS2/c1-30(12-13-31)19-8-5-9-20(16-19)33-29-22(15-17-6-4-7-18(14-17)24(26)27)25-28-21-10-2-3-11-23(21)32-25/h2-11,14,16,22,29,31H,12-13,15H2,1H3,(H3,26,27). The average Bonchev–Trinajstić information content (AvgIpc) is 3.26. The van der Waals surface area contributed by atoms with Crippen molar-refractivity contribution in [3.63, 3.8) is 0 Å². The summed E-state index contributed by atoms with van der Waals surface area (Å²) < 4.78 is 4.78. The van der Waals surface area contributed by atoms with E-state index in [1.807, 2.05) is 60.5 Å². The number of para-hydroxylation sites is 1. The second-order valence-corrected chi connectivity index (χ2v) is 9.73. The topological polar surface area (TPSA) is 98.3 Å². The smallest absolute Gasteiger partial charge is 0.122 e. The van der Waals surface area contributed by atoms with Gasteiger partial charge in [0.15, 0.2) is 0 Å². The van der Waals surface area contributed by atoms with Gasteiger partial charge >= 0.3 is 0 Å². The van der Waals surface area contributed by atoms with Crippen LogP contribution in [0.15, 0.2) is 77.7 Å². The van der Waals surface area contributed by atoms with Gasteiger partial charge in [0, 0.05) is 29.7 Å². The highest BCUT2D eigenvalue weighted by atomic mass is 32.2. The Balaban J connectivity index is 1.58. The minimum atomic E-state index is -0.0200. The van der Waals surface area contributed by atoms with Gasteiger partial charge in [0.05, 0.1) is 22.9 Å². The highest BCUT2D eigenvalue weighted by Gasteiger charge is 2.18.